The van der Waals surface area contributed by atoms with Gasteiger partial charge in [0, 0.05) is 37.5 Å². The van der Waals surface area contributed by atoms with Crippen LogP contribution in [-0.2, 0) is 23.8 Å². The highest BCUT2D eigenvalue weighted by Gasteiger charge is 2.65. The van der Waals surface area contributed by atoms with Crippen molar-refractivity contribution in [2.24, 2.45) is 22.9 Å². The van der Waals surface area contributed by atoms with E-state index < -0.39 is 47.2 Å². The first kappa shape index (κ1) is 46.9. The van der Waals surface area contributed by atoms with E-state index in [0.29, 0.717) is 49.7 Å². The summed E-state index contributed by atoms with van der Waals surface area (Å²) in [5.74, 6) is -3.00. The van der Waals surface area contributed by atoms with E-state index in [4.69, 9.17) is 38.4 Å². The maximum absolute atomic E-state index is 14.5. The Balaban J connectivity index is 1.65. The fourth-order valence-corrected chi connectivity index (χ4v) is 9.23. The van der Waals surface area contributed by atoms with Crippen molar-refractivity contribution in [1.82, 2.24) is 15.0 Å². The lowest BCUT2D eigenvalue weighted by Crippen LogP contribution is -2.63. The van der Waals surface area contributed by atoms with Crippen molar-refractivity contribution >= 4 is 17.7 Å². The van der Waals surface area contributed by atoms with Crippen LogP contribution in [0.25, 0.3) is 0 Å². The summed E-state index contributed by atoms with van der Waals surface area (Å²) in [5, 5.41) is 33.6. The van der Waals surface area contributed by atoms with Gasteiger partial charge in [0.2, 0.25) is 17.8 Å². The molecule has 2 aliphatic heterocycles. The molecule has 1 aromatic heterocycles. The first-order chi connectivity index (χ1) is 29.6. The van der Waals surface area contributed by atoms with Crippen LogP contribution < -0.4 is 9.47 Å². The van der Waals surface area contributed by atoms with E-state index in [0.717, 1.165) is 49.7 Å². The molecule has 2 N–H and O–H groups in total. The number of benzene rings is 1. The second-order valence-corrected chi connectivity index (χ2v) is 18.5. The van der Waals surface area contributed by atoms with E-state index in [1.807, 2.05) is 18.2 Å². The van der Waals surface area contributed by atoms with E-state index in [1.165, 1.54) is 4.68 Å². The monoisotopic (exact) mass is 862 g/mol. The Kier molecular flexibility index (Phi) is 15.4. The van der Waals surface area contributed by atoms with E-state index in [-0.39, 0.29) is 55.4 Å². The second-order valence-electron chi connectivity index (χ2n) is 18.5. The molecule has 2 aliphatic carbocycles. The summed E-state index contributed by atoms with van der Waals surface area (Å²) in [6.07, 6.45) is 12.0. The number of aromatic nitrogens is 3. The van der Waals surface area contributed by atoms with Gasteiger partial charge in [-0.15, -0.1) is 11.7 Å². The number of fused-ring (bicyclic) bond motifs is 2. The quantitative estimate of drug-likeness (QED) is 0.0605. The molecule has 0 spiro atoms. The first-order valence-electron chi connectivity index (χ1n) is 22.2. The smallest absolute Gasteiger partial charge is 0.362 e. The molecule has 1 aromatic carbocycles. The van der Waals surface area contributed by atoms with Crippen LogP contribution in [0.4, 0.5) is 0 Å². The second kappa shape index (κ2) is 20.3. The number of carbonyl (C=O) groups is 2. The standard InChI is InChI=1S/C47H66N4O11/c1-9-24-56-31-20-21-36-34(28-31)39-32(18-12-15-23-53)30(17-11-14-22-52)27-33-35(49-62-38-19-13-16-26-57-38)29-37(47(59-36,40(33)39)58-25-10-2)51-42(44(55)61-46(6,7)8)41(48-50-51)43(54)60-45(3,4)5/h9-10,20-21,27-28,30,32,37-40,52-53H,1-2,11-19,22-26,29H2,3-8H3. The molecular formula is C47H66N4O11. The van der Waals surface area contributed by atoms with E-state index in [1.54, 1.807) is 53.7 Å². The summed E-state index contributed by atoms with van der Waals surface area (Å²) in [6, 6.07) is 4.73. The molecule has 0 radical (unpaired) electrons. The topological polar surface area (TPSA) is 182 Å². The van der Waals surface area contributed by atoms with Gasteiger partial charge in [-0.2, -0.15) is 0 Å². The number of oxime groups is 1. The van der Waals surface area contributed by atoms with Crippen molar-refractivity contribution < 1.29 is 53.1 Å². The Bertz CT molecular complexity index is 1960. The van der Waals surface area contributed by atoms with Gasteiger partial charge in [0.1, 0.15) is 35.3 Å². The molecule has 0 amide bonds. The maximum atomic E-state index is 14.5. The Hall–Kier alpha value is -4.57. The molecule has 7 atom stereocenters. The Morgan fingerprint density at radius 1 is 0.968 bits per heavy atom. The first-order valence-corrected chi connectivity index (χ1v) is 22.2. The predicted molar refractivity (Wildman–Crippen MR) is 231 cm³/mol. The van der Waals surface area contributed by atoms with Gasteiger partial charge in [0.05, 0.1) is 24.8 Å². The molecule has 3 heterocycles. The number of hydrogen-bond acceptors (Lipinski definition) is 14. The third-order valence-electron chi connectivity index (χ3n) is 11.6. The SMILES string of the molecule is C=CCOc1ccc2c(c1)C1C(CCCCO)C(CCCCO)C=C3C(=NOC4CCCCO4)CC(n4nnc(C(=O)OC(C)(C)C)c4C(=O)OC(C)(C)C)C(OCC=C)(O2)C31. The number of unbranched alkanes of at least 4 members (excludes halogenated alkanes) is 2. The van der Waals surface area contributed by atoms with Crippen molar-refractivity contribution in [2.45, 2.75) is 141 Å². The van der Waals surface area contributed by atoms with Crippen molar-refractivity contribution in [3.63, 3.8) is 0 Å². The van der Waals surface area contributed by atoms with Gasteiger partial charge in [-0.25, -0.2) is 14.3 Å². The van der Waals surface area contributed by atoms with Crippen LogP contribution in [0.2, 0.25) is 0 Å². The predicted octanol–water partition coefficient (Wildman–Crippen LogP) is 7.79. The van der Waals surface area contributed by atoms with E-state index in [2.05, 4.69) is 29.5 Å². The normalized spacial score (nSPS) is 26.3. The van der Waals surface area contributed by atoms with Gasteiger partial charge in [0.15, 0.2) is 5.69 Å². The van der Waals surface area contributed by atoms with E-state index >= 15 is 0 Å². The molecule has 0 bridgehead atoms. The van der Waals surface area contributed by atoms with Gasteiger partial charge >= 0.3 is 11.9 Å². The van der Waals surface area contributed by atoms with Crippen LogP contribution in [0.5, 0.6) is 11.5 Å². The molecule has 15 nitrogen and oxygen atoms in total. The summed E-state index contributed by atoms with van der Waals surface area (Å²) < 4.78 is 39.5. The maximum Gasteiger partial charge on any atom is 0.362 e. The molecule has 2 aromatic rings. The lowest BCUT2D eigenvalue weighted by Gasteiger charge is -2.58. The largest absolute Gasteiger partial charge is 0.490 e. The third-order valence-corrected chi connectivity index (χ3v) is 11.6. The van der Waals surface area contributed by atoms with Crippen molar-refractivity contribution in [2.75, 3.05) is 33.0 Å². The lowest BCUT2D eigenvalue weighted by molar-refractivity contribution is -0.252. The fraction of sp³-hybridized carbons (Fsp3) is 0.638. The molecule has 1 saturated heterocycles. The lowest BCUT2D eigenvalue weighted by atomic mass is 9.55. The average Bonchev–Trinajstić information content (AvgIpc) is 3.67. The van der Waals surface area contributed by atoms with Crippen LogP contribution in [-0.4, -0.2) is 99.2 Å². The fourth-order valence-electron chi connectivity index (χ4n) is 9.23. The van der Waals surface area contributed by atoms with Gasteiger partial charge in [0.25, 0.3) is 0 Å². The number of esters is 2. The summed E-state index contributed by atoms with van der Waals surface area (Å²) in [5.41, 5.74) is -0.0719. The number of aliphatic hydroxyl groups excluding tert-OH is 2. The zero-order chi connectivity index (χ0) is 44.7. The van der Waals surface area contributed by atoms with E-state index in [9.17, 15) is 19.8 Å². The van der Waals surface area contributed by atoms with Gasteiger partial charge < -0.3 is 43.5 Å². The van der Waals surface area contributed by atoms with Crippen LogP contribution >= 0.6 is 0 Å². The minimum atomic E-state index is -1.61. The number of hydrogen-bond donors (Lipinski definition) is 2. The third kappa shape index (κ3) is 10.6. The summed E-state index contributed by atoms with van der Waals surface area (Å²) in [7, 11) is 0. The highest BCUT2D eigenvalue weighted by Crippen LogP contribution is 2.63. The van der Waals surface area contributed by atoms with Crippen LogP contribution in [0.1, 0.15) is 144 Å². The average molecular weight is 863 g/mol. The Labute approximate surface area is 365 Å². The highest BCUT2D eigenvalue weighted by molar-refractivity contribution is 6.03. The molecule has 4 aliphatic rings. The molecule has 1 saturated carbocycles. The van der Waals surface area contributed by atoms with Crippen LogP contribution in [0, 0.1) is 17.8 Å². The molecule has 340 valence electrons. The molecule has 6 rings (SSSR count). The van der Waals surface area contributed by atoms with Crippen molar-refractivity contribution in [3.8, 4) is 11.5 Å². The number of ether oxygens (including phenoxy) is 6. The zero-order valence-corrected chi connectivity index (χ0v) is 37.3. The highest BCUT2D eigenvalue weighted by atomic mass is 16.8. The number of carbonyl (C=O) groups excluding carboxylic acids is 2. The number of rotatable bonds is 19. The Morgan fingerprint density at radius 3 is 2.34 bits per heavy atom. The molecular weight excluding hydrogens is 797 g/mol. The minimum Gasteiger partial charge on any atom is -0.490 e. The van der Waals surface area contributed by atoms with Crippen molar-refractivity contribution in [1.29, 1.82) is 0 Å². The molecule has 2 fully saturated rings. The number of aliphatic hydroxyl groups is 2. The van der Waals surface area contributed by atoms with Crippen LogP contribution in [0.3, 0.4) is 0 Å². The number of allylic oxidation sites excluding steroid dienone is 1. The zero-order valence-electron chi connectivity index (χ0n) is 37.3. The summed E-state index contributed by atoms with van der Waals surface area (Å²) in [4.78, 5) is 34.6. The van der Waals surface area contributed by atoms with Gasteiger partial charge in [-0.05, 0) is 116 Å². The number of nitrogens with zero attached hydrogens (tertiary/aromatic N) is 4. The Morgan fingerprint density at radius 2 is 1.68 bits per heavy atom. The minimum absolute atomic E-state index is 0.0148. The van der Waals surface area contributed by atoms with Gasteiger partial charge in [-0.3, -0.25) is 0 Å². The van der Waals surface area contributed by atoms with Crippen LogP contribution in [0.15, 0.2) is 60.3 Å². The van der Waals surface area contributed by atoms with Crippen molar-refractivity contribution in [3.05, 3.63) is 72.1 Å². The molecule has 62 heavy (non-hydrogen) atoms. The summed E-state index contributed by atoms with van der Waals surface area (Å²) in [6.45, 7) is 19.3. The van der Waals surface area contributed by atoms with Gasteiger partial charge in [-0.1, -0.05) is 48.0 Å². The molecule has 15 heteroatoms. The summed E-state index contributed by atoms with van der Waals surface area (Å²) >= 11 is 0. The molecule has 7 unspecified atom stereocenters.